The van der Waals surface area contributed by atoms with Crippen LogP contribution in [-0.2, 0) is 0 Å². The number of nitrogens with one attached hydrogen (secondary N) is 2. The van der Waals surface area contributed by atoms with Crippen molar-refractivity contribution in [1.29, 1.82) is 5.26 Å². The molecule has 0 fully saturated rings. The first kappa shape index (κ1) is 17.8. The summed E-state index contributed by atoms with van der Waals surface area (Å²) in [6, 6.07) is 19.2. The Morgan fingerprint density at radius 3 is 2.44 bits per heavy atom. The first-order valence-corrected chi connectivity index (χ1v) is 8.21. The minimum absolute atomic E-state index is 0.00192. The van der Waals surface area contributed by atoms with Crippen LogP contribution in [0, 0.1) is 11.3 Å². The van der Waals surface area contributed by atoms with Crippen LogP contribution < -0.4 is 10.6 Å². The number of pyridine rings is 1. The number of benzene rings is 2. The summed E-state index contributed by atoms with van der Waals surface area (Å²) < 4.78 is 0. The summed E-state index contributed by atoms with van der Waals surface area (Å²) >= 11 is 0. The largest absolute Gasteiger partial charge is 0.355 e. The highest BCUT2D eigenvalue weighted by Gasteiger charge is 2.11. The van der Waals surface area contributed by atoms with Crippen LogP contribution in [0.1, 0.15) is 33.3 Å². The summed E-state index contributed by atoms with van der Waals surface area (Å²) in [5.74, 6) is -0.407. The number of aromatic nitrogens is 1. The predicted octanol–water partition coefficient (Wildman–Crippen LogP) is 4.15. The Morgan fingerprint density at radius 2 is 1.74 bits per heavy atom. The average Bonchev–Trinajstić information content (AvgIpc) is 2.69. The molecule has 1 amide bonds. The van der Waals surface area contributed by atoms with Crippen molar-refractivity contribution < 1.29 is 9.59 Å². The fourth-order valence-electron chi connectivity index (χ4n) is 2.46. The van der Waals surface area contributed by atoms with Crippen LogP contribution in [-0.4, -0.2) is 16.7 Å². The topological polar surface area (TPSA) is 94.9 Å². The third-order valence-electron chi connectivity index (χ3n) is 3.87. The number of amides is 1. The lowest BCUT2D eigenvalue weighted by Crippen LogP contribution is -2.14. The molecule has 0 radical (unpaired) electrons. The molecule has 0 aliphatic heterocycles. The maximum absolute atomic E-state index is 12.5. The van der Waals surface area contributed by atoms with Gasteiger partial charge in [-0.2, -0.15) is 5.26 Å². The van der Waals surface area contributed by atoms with E-state index in [1.54, 1.807) is 60.7 Å². The standard InChI is InChI=1S/C21H16N4O2/c1-14(26)15-6-8-17(9-7-15)24-18-10-11-23-20(12-18)21(27)25-19-5-3-2-4-16(19)13-22/h2-12H,1H3,(H,23,24)(H,25,27). The monoisotopic (exact) mass is 356 g/mol. The molecule has 1 aromatic heterocycles. The molecular weight excluding hydrogens is 340 g/mol. The van der Waals surface area contributed by atoms with Gasteiger partial charge in [-0.3, -0.25) is 14.6 Å². The molecule has 0 unspecified atom stereocenters. The SMILES string of the molecule is CC(=O)c1ccc(Nc2ccnc(C(=O)Nc3ccccc3C#N)c2)cc1. The molecule has 0 aliphatic carbocycles. The number of hydrogen-bond acceptors (Lipinski definition) is 5. The highest BCUT2D eigenvalue weighted by atomic mass is 16.2. The second kappa shape index (κ2) is 7.93. The molecule has 3 rings (SSSR count). The molecule has 0 aliphatic rings. The molecule has 6 heteroatoms. The fourth-order valence-corrected chi connectivity index (χ4v) is 2.46. The van der Waals surface area contributed by atoms with Crippen molar-refractivity contribution in [3.63, 3.8) is 0 Å². The number of para-hydroxylation sites is 1. The van der Waals surface area contributed by atoms with Crippen LogP contribution in [0.4, 0.5) is 17.1 Å². The minimum Gasteiger partial charge on any atom is -0.355 e. The third kappa shape index (κ3) is 4.35. The van der Waals surface area contributed by atoms with E-state index >= 15 is 0 Å². The Labute approximate surface area is 156 Å². The van der Waals surface area contributed by atoms with Crippen molar-refractivity contribution in [2.45, 2.75) is 6.92 Å². The molecular formula is C21H16N4O2. The second-order valence-corrected chi connectivity index (χ2v) is 5.80. The lowest BCUT2D eigenvalue weighted by atomic mass is 10.1. The highest BCUT2D eigenvalue weighted by molar-refractivity contribution is 6.04. The van der Waals surface area contributed by atoms with Gasteiger partial charge in [-0.1, -0.05) is 12.1 Å². The maximum Gasteiger partial charge on any atom is 0.274 e. The number of anilines is 3. The van der Waals surface area contributed by atoms with Gasteiger partial charge in [-0.25, -0.2) is 0 Å². The highest BCUT2D eigenvalue weighted by Crippen LogP contribution is 2.19. The van der Waals surface area contributed by atoms with Crippen molar-refractivity contribution in [3.05, 3.63) is 83.7 Å². The molecule has 132 valence electrons. The van der Waals surface area contributed by atoms with E-state index in [2.05, 4.69) is 15.6 Å². The summed E-state index contributed by atoms with van der Waals surface area (Å²) in [4.78, 5) is 27.9. The fraction of sp³-hybridized carbons (Fsp3) is 0.0476. The summed E-state index contributed by atoms with van der Waals surface area (Å²) in [7, 11) is 0. The number of nitrogens with zero attached hydrogens (tertiary/aromatic N) is 2. The van der Waals surface area contributed by atoms with Gasteiger partial charge in [0.2, 0.25) is 0 Å². The van der Waals surface area contributed by atoms with Gasteiger partial charge in [-0.15, -0.1) is 0 Å². The van der Waals surface area contributed by atoms with Crippen molar-refractivity contribution in [3.8, 4) is 6.07 Å². The predicted molar refractivity (Wildman–Crippen MR) is 103 cm³/mol. The molecule has 27 heavy (non-hydrogen) atoms. The summed E-state index contributed by atoms with van der Waals surface area (Å²) in [6.07, 6.45) is 1.53. The van der Waals surface area contributed by atoms with E-state index in [0.717, 1.165) is 5.69 Å². The number of carbonyl (C=O) groups excluding carboxylic acids is 2. The molecule has 0 saturated carbocycles. The van der Waals surface area contributed by atoms with Crippen molar-refractivity contribution in [2.75, 3.05) is 10.6 Å². The van der Waals surface area contributed by atoms with Gasteiger partial charge < -0.3 is 10.6 Å². The van der Waals surface area contributed by atoms with Gasteiger partial charge in [0, 0.05) is 23.1 Å². The zero-order chi connectivity index (χ0) is 19.2. The van der Waals surface area contributed by atoms with E-state index in [9.17, 15) is 9.59 Å². The quantitative estimate of drug-likeness (QED) is 0.670. The summed E-state index contributed by atoms with van der Waals surface area (Å²) in [5, 5.41) is 15.0. The number of nitriles is 1. The molecule has 0 atom stereocenters. The van der Waals surface area contributed by atoms with Crippen molar-refractivity contribution in [2.24, 2.45) is 0 Å². The van der Waals surface area contributed by atoms with Gasteiger partial charge >= 0.3 is 0 Å². The maximum atomic E-state index is 12.5. The minimum atomic E-state index is -0.409. The Morgan fingerprint density at radius 1 is 1.00 bits per heavy atom. The molecule has 0 bridgehead atoms. The van der Waals surface area contributed by atoms with Crippen molar-refractivity contribution in [1.82, 2.24) is 4.98 Å². The molecule has 0 spiro atoms. The van der Waals surface area contributed by atoms with Gasteiger partial charge in [0.1, 0.15) is 11.8 Å². The smallest absolute Gasteiger partial charge is 0.274 e. The Balaban J connectivity index is 1.76. The van der Waals surface area contributed by atoms with Crippen LogP contribution >= 0.6 is 0 Å². The van der Waals surface area contributed by atoms with Crippen LogP contribution in [0.3, 0.4) is 0 Å². The van der Waals surface area contributed by atoms with Gasteiger partial charge in [-0.05, 0) is 55.5 Å². The Kier molecular flexibility index (Phi) is 5.24. The Bertz CT molecular complexity index is 1040. The molecule has 2 N–H and O–H groups in total. The normalized spacial score (nSPS) is 9.93. The van der Waals surface area contributed by atoms with Crippen molar-refractivity contribution >= 4 is 28.8 Å². The summed E-state index contributed by atoms with van der Waals surface area (Å²) in [6.45, 7) is 1.51. The number of Topliss-reactive ketones (excluding diaryl/α,β-unsaturated/α-hetero) is 1. The van der Waals surface area contributed by atoms with E-state index in [0.29, 0.717) is 22.5 Å². The van der Waals surface area contributed by atoms with Gasteiger partial charge in [0.05, 0.1) is 11.3 Å². The third-order valence-corrected chi connectivity index (χ3v) is 3.87. The lowest BCUT2D eigenvalue weighted by Gasteiger charge is -2.09. The first-order chi connectivity index (χ1) is 13.1. The van der Waals surface area contributed by atoms with E-state index in [1.165, 1.54) is 13.1 Å². The zero-order valence-electron chi connectivity index (χ0n) is 14.6. The number of rotatable bonds is 5. The van der Waals surface area contributed by atoms with E-state index in [4.69, 9.17) is 5.26 Å². The van der Waals surface area contributed by atoms with Gasteiger partial charge in [0.15, 0.2) is 5.78 Å². The van der Waals surface area contributed by atoms with Crippen LogP contribution in [0.2, 0.25) is 0 Å². The van der Waals surface area contributed by atoms with Crippen LogP contribution in [0.25, 0.3) is 0 Å². The van der Waals surface area contributed by atoms with E-state index in [1.807, 2.05) is 6.07 Å². The van der Waals surface area contributed by atoms with E-state index in [-0.39, 0.29) is 11.5 Å². The van der Waals surface area contributed by atoms with Crippen LogP contribution in [0.15, 0.2) is 66.9 Å². The lowest BCUT2D eigenvalue weighted by molar-refractivity contribution is 0.101. The second-order valence-electron chi connectivity index (χ2n) is 5.80. The number of hydrogen-bond donors (Lipinski definition) is 2. The summed E-state index contributed by atoms with van der Waals surface area (Å²) in [5.41, 5.74) is 3.13. The van der Waals surface area contributed by atoms with Crippen LogP contribution in [0.5, 0.6) is 0 Å². The number of ketones is 1. The Hall–Kier alpha value is -3.98. The number of carbonyl (C=O) groups is 2. The molecule has 1 heterocycles. The zero-order valence-corrected chi connectivity index (χ0v) is 14.6. The first-order valence-electron chi connectivity index (χ1n) is 8.21. The molecule has 6 nitrogen and oxygen atoms in total. The molecule has 2 aromatic carbocycles. The van der Waals surface area contributed by atoms with Gasteiger partial charge in [0.25, 0.3) is 5.91 Å². The molecule has 0 saturated heterocycles. The molecule has 3 aromatic rings. The van der Waals surface area contributed by atoms with E-state index < -0.39 is 5.91 Å². The average molecular weight is 356 g/mol.